The van der Waals surface area contributed by atoms with Crippen LogP contribution in [0.5, 0.6) is 0 Å². The molecule has 8 nitrogen and oxygen atoms in total. The molecule has 0 saturated heterocycles. The molecule has 4 aromatic rings. The monoisotopic (exact) mass is 353 g/mol. The minimum atomic E-state index is -1.04. The Morgan fingerprint density at radius 1 is 1.28 bits per heavy atom. The average molecular weight is 353 g/mol. The fourth-order valence-corrected chi connectivity index (χ4v) is 3.53. The number of thiazole rings is 1. The molecule has 3 heterocycles. The first kappa shape index (κ1) is 15.3. The molecule has 0 aliphatic heterocycles. The summed E-state index contributed by atoms with van der Waals surface area (Å²) in [4.78, 5) is 36.1. The smallest absolute Gasteiger partial charge is 0.309 e. The third kappa shape index (κ3) is 2.85. The van der Waals surface area contributed by atoms with Crippen molar-refractivity contribution >= 4 is 38.4 Å². The fraction of sp³-hybridized carbons (Fsp3) is 0.125. The fourth-order valence-electron chi connectivity index (χ4n) is 2.58. The van der Waals surface area contributed by atoms with Gasteiger partial charge in [-0.2, -0.15) is 5.10 Å². The van der Waals surface area contributed by atoms with Gasteiger partial charge in [-0.3, -0.25) is 9.59 Å². The summed E-state index contributed by atoms with van der Waals surface area (Å²) in [6.07, 6.45) is 2.33. The van der Waals surface area contributed by atoms with Gasteiger partial charge in [-0.25, -0.2) is 19.6 Å². The summed E-state index contributed by atoms with van der Waals surface area (Å²) in [5.74, 6) is -1.04. The number of aliphatic carboxylic acids is 1. The van der Waals surface area contributed by atoms with Gasteiger partial charge in [0.25, 0.3) is 5.56 Å². The van der Waals surface area contributed by atoms with Crippen molar-refractivity contribution in [3.05, 3.63) is 57.8 Å². The lowest BCUT2D eigenvalue weighted by atomic mass is 10.2. The first-order valence-electron chi connectivity index (χ1n) is 7.38. The second-order valence-corrected chi connectivity index (χ2v) is 6.46. The van der Waals surface area contributed by atoms with Gasteiger partial charge < -0.3 is 5.11 Å². The van der Waals surface area contributed by atoms with Gasteiger partial charge in [0.1, 0.15) is 16.9 Å². The number of para-hydroxylation sites is 1. The first-order chi connectivity index (χ1) is 12.1. The maximum atomic E-state index is 12.6. The van der Waals surface area contributed by atoms with Crippen molar-refractivity contribution in [2.45, 2.75) is 13.0 Å². The second kappa shape index (κ2) is 6.02. The third-order valence-electron chi connectivity index (χ3n) is 3.63. The summed E-state index contributed by atoms with van der Waals surface area (Å²) in [6, 6.07) is 7.67. The lowest BCUT2D eigenvalue weighted by molar-refractivity contribution is -0.136. The SMILES string of the molecule is O=C(O)Cc1nn(Cc2nc3ccccc3s2)c(=O)c2cncnc12. The molecule has 0 amide bonds. The van der Waals surface area contributed by atoms with Gasteiger partial charge in [0, 0.05) is 6.20 Å². The molecule has 0 atom stereocenters. The number of rotatable bonds is 4. The summed E-state index contributed by atoms with van der Waals surface area (Å²) < 4.78 is 2.24. The van der Waals surface area contributed by atoms with Crippen molar-refractivity contribution in [2.24, 2.45) is 0 Å². The molecule has 0 radical (unpaired) electrons. The maximum absolute atomic E-state index is 12.6. The van der Waals surface area contributed by atoms with E-state index in [0.29, 0.717) is 5.01 Å². The number of hydrogen-bond donors (Lipinski definition) is 1. The molecule has 1 N–H and O–H groups in total. The first-order valence-corrected chi connectivity index (χ1v) is 8.19. The van der Waals surface area contributed by atoms with Gasteiger partial charge in [-0.15, -0.1) is 11.3 Å². The molecule has 0 saturated carbocycles. The van der Waals surface area contributed by atoms with Crippen molar-refractivity contribution < 1.29 is 9.90 Å². The summed E-state index contributed by atoms with van der Waals surface area (Å²) in [7, 11) is 0. The van der Waals surface area contributed by atoms with Crippen LogP contribution < -0.4 is 5.56 Å². The minimum Gasteiger partial charge on any atom is -0.481 e. The lowest BCUT2D eigenvalue weighted by Gasteiger charge is -2.07. The average Bonchev–Trinajstić information content (AvgIpc) is 3.01. The van der Waals surface area contributed by atoms with Crippen molar-refractivity contribution in [1.82, 2.24) is 24.7 Å². The van der Waals surface area contributed by atoms with Crippen LogP contribution in [-0.4, -0.2) is 35.8 Å². The quantitative estimate of drug-likeness (QED) is 0.591. The van der Waals surface area contributed by atoms with Gasteiger partial charge in [0.05, 0.1) is 34.3 Å². The molecule has 9 heteroatoms. The molecule has 0 aliphatic rings. The molecule has 25 heavy (non-hydrogen) atoms. The number of carboxylic acid groups (broad SMARTS) is 1. The lowest BCUT2D eigenvalue weighted by Crippen LogP contribution is -2.26. The number of carboxylic acids is 1. The highest BCUT2D eigenvalue weighted by Crippen LogP contribution is 2.22. The topological polar surface area (TPSA) is 111 Å². The summed E-state index contributed by atoms with van der Waals surface area (Å²) in [5.41, 5.74) is 0.975. The Labute approximate surface area is 144 Å². The zero-order chi connectivity index (χ0) is 17.4. The van der Waals surface area contributed by atoms with Gasteiger partial charge in [0.15, 0.2) is 0 Å². The Hall–Kier alpha value is -3.20. The van der Waals surface area contributed by atoms with E-state index in [2.05, 4.69) is 20.1 Å². The Balaban J connectivity index is 1.84. The number of carbonyl (C=O) groups is 1. The van der Waals surface area contributed by atoms with Crippen molar-refractivity contribution in [3.63, 3.8) is 0 Å². The molecular weight excluding hydrogens is 342 g/mol. The zero-order valence-corrected chi connectivity index (χ0v) is 13.6. The molecule has 0 bridgehead atoms. The van der Waals surface area contributed by atoms with Gasteiger partial charge in [-0.05, 0) is 12.1 Å². The highest BCUT2D eigenvalue weighted by Gasteiger charge is 2.15. The van der Waals surface area contributed by atoms with E-state index < -0.39 is 5.97 Å². The molecule has 3 aromatic heterocycles. The van der Waals surface area contributed by atoms with Crippen molar-refractivity contribution in [1.29, 1.82) is 0 Å². The van der Waals surface area contributed by atoms with Crippen molar-refractivity contribution in [3.8, 4) is 0 Å². The predicted molar refractivity (Wildman–Crippen MR) is 91.7 cm³/mol. The summed E-state index contributed by atoms with van der Waals surface area (Å²) >= 11 is 1.47. The molecular formula is C16H11N5O3S. The van der Waals surface area contributed by atoms with Crippen LogP contribution in [0.4, 0.5) is 0 Å². The van der Waals surface area contributed by atoms with Crippen LogP contribution in [0.2, 0.25) is 0 Å². The van der Waals surface area contributed by atoms with Gasteiger partial charge in [0.2, 0.25) is 0 Å². The van der Waals surface area contributed by atoms with Crippen LogP contribution in [-0.2, 0) is 17.8 Å². The van der Waals surface area contributed by atoms with E-state index in [4.69, 9.17) is 5.11 Å². The molecule has 0 spiro atoms. The van der Waals surface area contributed by atoms with E-state index in [1.165, 1.54) is 28.5 Å². The third-order valence-corrected chi connectivity index (χ3v) is 4.65. The summed E-state index contributed by atoms with van der Waals surface area (Å²) in [5, 5.41) is 14.3. The number of aromatic nitrogens is 5. The van der Waals surface area contributed by atoms with Crippen LogP contribution in [0.25, 0.3) is 21.1 Å². The number of benzene rings is 1. The Kier molecular flexibility index (Phi) is 3.69. The maximum Gasteiger partial charge on any atom is 0.309 e. The molecule has 4 rings (SSSR count). The van der Waals surface area contributed by atoms with Crippen LogP contribution in [0.1, 0.15) is 10.7 Å². The Morgan fingerprint density at radius 2 is 2.12 bits per heavy atom. The van der Waals surface area contributed by atoms with Crippen LogP contribution in [0.3, 0.4) is 0 Å². The van der Waals surface area contributed by atoms with Gasteiger partial charge >= 0.3 is 5.97 Å². The van der Waals surface area contributed by atoms with Crippen molar-refractivity contribution in [2.75, 3.05) is 0 Å². The zero-order valence-electron chi connectivity index (χ0n) is 12.8. The molecule has 0 unspecified atom stereocenters. The summed E-state index contributed by atoms with van der Waals surface area (Å²) in [6.45, 7) is 0.162. The molecule has 0 aliphatic carbocycles. The van der Waals surface area contributed by atoms with E-state index >= 15 is 0 Å². The number of hydrogen-bond acceptors (Lipinski definition) is 7. The highest BCUT2D eigenvalue weighted by atomic mass is 32.1. The molecule has 124 valence electrons. The largest absolute Gasteiger partial charge is 0.481 e. The number of fused-ring (bicyclic) bond motifs is 2. The normalized spacial score (nSPS) is 11.2. The Bertz CT molecular complexity index is 1130. The van der Waals surface area contributed by atoms with Gasteiger partial charge in [-0.1, -0.05) is 12.1 Å². The van der Waals surface area contributed by atoms with E-state index in [0.717, 1.165) is 10.2 Å². The molecule has 1 aromatic carbocycles. The second-order valence-electron chi connectivity index (χ2n) is 5.34. The number of nitrogens with zero attached hydrogens (tertiary/aromatic N) is 5. The molecule has 0 fully saturated rings. The van der Waals surface area contributed by atoms with Crippen LogP contribution in [0, 0.1) is 0 Å². The predicted octanol–water partition coefficient (Wildman–Crippen LogP) is 1.47. The minimum absolute atomic E-state index is 0.162. The van der Waals surface area contributed by atoms with E-state index in [-0.39, 0.29) is 35.1 Å². The van der Waals surface area contributed by atoms with E-state index in [1.807, 2.05) is 24.3 Å². The van der Waals surface area contributed by atoms with Crippen LogP contribution in [0.15, 0.2) is 41.6 Å². The Morgan fingerprint density at radius 3 is 2.92 bits per heavy atom. The van der Waals surface area contributed by atoms with Crippen LogP contribution >= 0.6 is 11.3 Å². The van der Waals surface area contributed by atoms with E-state index in [9.17, 15) is 9.59 Å². The standard InChI is InChI=1S/C16H11N5O3S/c22-14(23)5-11-15-9(6-17-8-18-15)16(24)21(20-11)7-13-19-10-3-1-2-4-12(10)25-13/h1-4,6,8H,5,7H2,(H,22,23). The highest BCUT2D eigenvalue weighted by molar-refractivity contribution is 7.18. The van der Waals surface area contributed by atoms with E-state index in [1.54, 1.807) is 0 Å².